The number of hydrogen-bond donors (Lipinski definition) is 1. The molecular weight excluding hydrogens is 418 g/mol. The van der Waals surface area contributed by atoms with Crippen molar-refractivity contribution in [2.24, 2.45) is 4.99 Å². The Morgan fingerprint density at radius 2 is 1.84 bits per heavy atom. The lowest BCUT2D eigenvalue weighted by atomic mass is 10.0. The lowest BCUT2D eigenvalue weighted by Crippen LogP contribution is -2.19. The quantitative estimate of drug-likeness (QED) is 0.410. The molecule has 32 heavy (non-hydrogen) atoms. The Morgan fingerprint density at radius 3 is 2.69 bits per heavy atom. The predicted octanol–water partition coefficient (Wildman–Crippen LogP) is 5.80. The number of carbonyl (C=O) groups is 1. The number of amides is 1. The van der Waals surface area contributed by atoms with Gasteiger partial charge in [0.15, 0.2) is 5.17 Å². The highest BCUT2D eigenvalue weighted by Gasteiger charge is 2.24. The van der Waals surface area contributed by atoms with E-state index < -0.39 is 0 Å². The summed E-state index contributed by atoms with van der Waals surface area (Å²) in [6.45, 7) is 0. The van der Waals surface area contributed by atoms with Crippen molar-refractivity contribution in [1.29, 1.82) is 0 Å². The highest BCUT2D eigenvalue weighted by molar-refractivity contribution is 8.18. The first kappa shape index (κ1) is 20.0. The fourth-order valence-electron chi connectivity index (χ4n) is 3.51. The molecule has 0 saturated carbocycles. The summed E-state index contributed by atoms with van der Waals surface area (Å²) in [7, 11) is 1.65. The molecule has 1 aromatic heterocycles. The number of ether oxygens (including phenoxy) is 1. The van der Waals surface area contributed by atoms with Gasteiger partial charge in [-0.3, -0.25) is 9.78 Å². The number of aliphatic imine (C=N–C) groups is 1. The van der Waals surface area contributed by atoms with Crippen LogP contribution in [0.1, 0.15) is 5.56 Å². The summed E-state index contributed by atoms with van der Waals surface area (Å²) in [5.74, 6) is 0.650. The molecule has 2 heterocycles. The number of fused-ring (bicyclic) bond motifs is 1. The normalized spacial score (nSPS) is 16.0. The smallest absolute Gasteiger partial charge is 0.264 e. The average molecular weight is 438 g/mol. The molecule has 4 aromatic rings. The Balaban J connectivity index is 1.43. The molecule has 0 spiro atoms. The Morgan fingerprint density at radius 1 is 1.00 bits per heavy atom. The number of nitrogens with zero attached hydrogens (tertiary/aromatic N) is 2. The van der Waals surface area contributed by atoms with Crippen LogP contribution < -0.4 is 10.1 Å². The Kier molecular flexibility index (Phi) is 5.44. The number of carbonyl (C=O) groups excluding carboxylic acids is 1. The van der Waals surface area contributed by atoms with Crippen LogP contribution in [0.2, 0.25) is 0 Å². The molecule has 0 radical (unpaired) electrons. The summed E-state index contributed by atoms with van der Waals surface area (Å²) < 4.78 is 5.25. The number of benzene rings is 3. The van der Waals surface area contributed by atoms with Gasteiger partial charge < -0.3 is 10.1 Å². The van der Waals surface area contributed by atoms with Crippen LogP contribution in [0.4, 0.5) is 5.69 Å². The Labute approximate surface area is 189 Å². The van der Waals surface area contributed by atoms with Crippen molar-refractivity contribution in [3.8, 4) is 16.9 Å². The average Bonchev–Trinajstić information content (AvgIpc) is 3.17. The van der Waals surface area contributed by atoms with Crippen LogP contribution in [0.25, 0.3) is 28.1 Å². The molecule has 1 saturated heterocycles. The molecule has 1 aliphatic heterocycles. The van der Waals surface area contributed by atoms with Crippen LogP contribution in [0.3, 0.4) is 0 Å². The number of nitrogens with one attached hydrogen (secondary N) is 1. The van der Waals surface area contributed by atoms with Crippen LogP contribution >= 0.6 is 11.8 Å². The maximum Gasteiger partial charge on any atom is 0.264 e. The van der Waals surface area contributed by atoms with Crippen molar-refractivity contribution in [3.05, 3.63) is 95.5 Å². The first-order valence-corrected chi connectivity index (χ1v) is 10.9. The Hall–Kier alpha value is -3.90. The first-order valence-electron chi connectivity index (χ1n) is 10.1. The number of amidine groups is 1. The molecule has 5 nitrogen and oxygen atoms in total. The summed E-state index contributed by atoms with van der Waals surface area (Å²) in [6, 6.07) is 25.6. The van der Waals surface area contributed by atoms with Crippen LogP contribution in [0.15, 0.2) is 95.0 Å². The second-order valence-electron chi connectivity index (χ2n) is 7.18. The van der Waals surface area contributed by atoms with Gasteiger partial charge in [-0.05, 0) is 65.4 Å². The lowest BCUT2D eigenvalue weighted by Gasteiger charge is -2.07. The van der Waals surface area contributed by atoms with Gasteiger partial charge in [0.1, 0.15) is 5.75 Å². The summed E-state index contributed by atoms with van der Waals surface area (Å²) in [5.41, 5.74) is 4.68. The zero-order valence-electron chi connectivity index (χ0n) is 17.3. The minimum atomic E-state index is -0.151. The van der Waals surface area contributed by atoms with E-state index in [9.17, 15) is 4.79 Å². The molecule has 1 aliphatic rings. The molecule has 0 bridgehead atoms. The number of para-hydroxylation sites is 1. The number of thioether (sulfide) groups is 1. The van der Waals surface area contributed by atoms with Gasteiger partial charge in [-0.1, -0.05) is 42.5 Å². The fourth-order valence-corrected chi connectivity index (χ4v) is 4.35. The van der Waals surface area contributed by atoms with E-state index in [1.165, 1.54) is 11.8 Å². The van der Waals surface area contributed by atoms with Gasteiger partial charge in [0, 0.05) is 17.1 Å². The second kappa shape index (κ2) is 8.69. The number of aromatic nitrogens is 1. The van der Waals surface area contributed by atoms with Crippen LogP contribution in [0, 0.1) is 0 Å². The van der Waals surface area contributed by atoms with E-state index >= 15 is 0 Å². The van der Waals surface area contributed by atoms with E-state index in [2.05, 4.69) is 10.3 Å². The fraction of sp³-hybridized carbons (Fsp3) is 0.0385. The van der Waals surface area contributed by atoms with E-state index in [1.54, 1.807) is 13.3 Å². The minimum absolute atomic E-state index is 0.151. The molecule has 0 unspecified atom stereocenters. The minimum Gasteiger partial charge on any atom is -0.497 e. The number of hydrogen-bond acceptors (Lipinski definition) is 5. The van der Waals surface area contributed by atoms with Crippen molar-refractivity contribution in [1.82, 2.24) is 10.3 Å². The van der Waals surface area contributed by atoms with Gasteiger partial charge in [-0.15, -0.1) is 0 Å². The van der Waals surface area contributed by atoms with Crippen molar-refractivity contribution in [2.75, 3.05) is 7.11 Å². The van der Waals surface area contributed by atoms with E-state index in [0.717, 1.165) is 39.0 Å². The van der Waals surface area contributed by atoms with E-state index in [0.29, 0.717) is 10.1 Å². The standard InChI is InChI=1S/C26H19N3O2S/c1-31-20-11-9-18(10-12-20)21-6-2-3-7-23(21)28-26-29-25(30)24(32-26)16-17-8-13-22-19(15-17)5-4-14-27-22/h2-16H,1H3,(H,28,29,30)/b24-16+. The first-order chi connectivity index (χ1) is 15.7. The summed E-state index contributed by atoms with van der Waals surface area (Å²) in [4.78, 5) is 22.2. The van der Waals surface area contributed by atoms with E-state index in [-0.39, 0.29) is 5.91 Å². The molecule has 0 aliphatic carbocycles. The maximum atomic E-state index is 12.6. The monoisotopic (exact) mass is 437 g/mol. The van der Waals surface area contributed by atoms with Gasteiger partial charge in [-0.2, -0.15) is 0 Å². The molecule has 156 valence electrons. The molecule has 0 atom stereocenters. The molecule has 5 rings (SSSR count). The highest BCUT2D eigenvalue weighted by Crippen LogP contribution is 2.34. The van der Waals surface area contributed by atoms with Crippen molar-refractivity contribution in [2.45, 2.75) is 0 Å². The number of methoxy groups -OCH3 is 1. The highest BCUT2D eigenvalue weighted by atomic mass is 32.2. The zero-order valence-corrected chi connectivity index (χ0v) is 18.1. The molecule has 6 heteroatoms. The maximum absolute atomic E-state index is 12.6. The third-order valence-electron chi connectivity index (χ3n) is 5.10. The molecular formula is C26H19N3O2S. The zero-order chi connectivity index (χ0) is 21.9. The van der Waals surface area contributed by atoms with Crippen molar-refractivity contribution < 1.29 is 9.53 Å². The van der Waals surface area contributed by atoms with Gasteiger partial charge >= 0.3 is 0 Å². The van der Waals surface area contributed by atoms with Gasteiger partial charge in [0.05, 0.1) is 23.2 Å². The number of pyridine rings is 1. The molecule has 1 amide bonds. The van der Waals surface area contributed by atoms with E-state index in [4.69, 9.17) is 9.73 Å². The third kappa shape index (κ3) is 4.13. The van der Waals surface area contributed by atoms with E-state index in [1.807, 2.05) is 84.9 Å². The molecule has 1 N–H and O–H groups in total. The van der Waals surface area contributed by atoms with Crippen molar-refractivity contribution >= 4 is 45.5 Å². The van der Waals surface area contributed by atoms with Gasteiger partial charge in [0.25, 0.3) is 5.91 Å². The second-order valence-corrected chi connectivity index (χ2v) is 8.21. The Bertz CT molecular complexity index is 1380. The topological polar surface area (TPSA) is 63.6 Å². The SMILES string of the molecule is COc1ccc(-c2ccccc2N=C2NC(=O)/C(=C\c3ccc4ncccc4c3)S2)cc1. The van der Waals surface area contributed by atoms with Crippen LogP contribution in [-0.4, -0.2) is 23.2 Å². The van der Waals surface area contributed by atoms with Crippen LogP contribution in [0.5, 0.6) is 5.75 Å². The van der Waals surface area contributed by atoms with Gasteiger partial charge in [-0.25, -0.2) is 4.99 Å². The predicted molar refractivity (Wildman–Crippen MR) is 131 cm³/mol. The van der Waals surface area contributed by atoms with Crippen LogP contribution in [-0.2, 0) is 4.79 Å². The third-order valence-corrected chi connectivity index (χ3v) is 6.01. The molecule has 1 fully saturated rings. The summed E-state index contributed by atoms with van der Waals surface area (Å²) in [5, 5.41) is 4.47. The summed E-state index contributed by atoms with van der Waals surface area (Å²) >= 11 is 1.34. The van der Waals surface area contributed by atoms with Gasteiger partial charge in [0.2, 0.25) is 0 Å². The van der Waals surface area contributed by atoms with Crippen molar-refractivity contribution in [3.63, 3.8) is 0 Å². The summed E-state index contributed by atoms with van der Waals surface area (Å²) in [6.07, 6.45) is 3.65. The largest absolute Gasteiger partial charge is 0.497 e. The number of rotatable bonds is 4. The molecule has 3 aromatic carbocycles. The lowest BCUT2D eigenvalue weighted by molar-refractivity contribution is -0.115.